The second-order valence-electron chi connectivity index (χ2n) is 6.35. The average molecular weight is 317 g/mol. The summed E-state index contributed by atoms with van der Waals surface area (Å²) in [4.78, 5) is 26.5. The first-order chi connectivity index (χ1) is 10.6. The van der Waals surface area contributed by atoms with Crippen molar-refractivity contribution in [1.82, 2.24) is 4.90 Å². The third kappa shape index (κ3) is 1.83. The van der Waals surface area contributed by atoms with E-state index in [0.717, 1.165) is 17.7 Å². The number of nitrogens with zero attached hydrogens (tertiary/aromatic N) is 1. The number of rotatable bonds is 3. The van der Waals surface area contributed by atoms with Crippen LogP contribution in [0.3, 0.4) is 0 Å². The highest BCUT2D eigenvalue weighted by molar-refractivity contribution is 6.31. The van der Waals surface area contributed by atoms with E-state index in [1.54, 1.807) is 0 Å². The lowest BCUT2D eigenvalue weighted by Gasteiger charge is -2.19. The molecule has 3 aliphatic rings. The summed E-state index contributed by atoms with van der Waals surface area (Å²) in [5, 5.41) is 3.84. The minimum atomic E-state index is -0.134. The van der Waals surface area contributed by atoms with Crippen LogP contribution in [0.1, 0.15) is 12.0 Å². The van der Waals surface area contributed by atoms with Gasteiger partial charge in [-0.15, -0.1) is 0 Å². The van der Waals surface area contributed by atoms with Crippen molar-refractivity contribution in [2.45, 2.75) is 13.3 Å². The van der Waals surface area contributed by atoms with E-state index in [1.807, 2.05) is 25.1 Å². The standard InChI is InChI=1S/C17H17ClN2O2/c1-9-12(18)3-2-4-13(9)19-8-20-16(21)14-10-5-6-11(7-10)15(14)17(20)22/h2-6,10-11,14-15,19H,7-8H2,1H3/t10-,11-,14+,15+/m1/s1. The lowest BCUT2D eigenvalue weighted by Crippen LogP contribution is -2.37. The number of fused-ring (bicyclic) bond motifs is 5. The lowest BCUT2D eigenvalue weighted by atomic mass is 9.85. The predicted octanol–water partition coefficient (Wildman–Crippen LogP) is 2.82. The van der Waals surface area contributed by atoms with Gasteiger partial charge < -0.3 is 5.32 Å². The molecule has 1 saturated heterocycles. The van der Waals surface area contributed by atoms with E-state index in [-0.39, 0.29) is 42.2 Å². The topological polar surface area (TPSA) is 49.4 Å². The van der Waals surface area contributed by atoms with Crippen molar-refractivity contribution >= 4 is 29.1 Å². The second kappa shape index (κ2) is 4.85. The molecule has 2 bridgehead atoms. The quantitative estimate of drug-likeness (QED) is 0.689. The van der Waals surface area contributed by atoms with Crippen LogP contribution >= 0.6 is 11.6 Å². The maximum Gasteiger partial charge on any atom is 0.235 e. The Labute approximate surface area is 134 Å². The van der Waals surface area contributed by atoms with Gasteiger partial charge in [0, 0.05) is 10.7 Å². The number of imide groups is 1. The Kier molecular flexibility index (Phi) is 3.05. The van der Waals surface area contributed by atoms with E-state index in [1.165, 1.54) is 4.90 Å². The number of halogens is 1. The molecule has 114 valence electrons. The number of hydrogen-bond acceptors (Lipinski definition) is 3. The number of carbonyl (C=O) groups excluding carboxylic acids is 2. The number of nitrogens with one attached hydrogen (secondary N) is 1. The lowest BCUT2D eigenvalue weighted by molar-refractivity contribution is -0.140. The maximum absolute atomic E-state index is 12.6. The number of amides is 2. The van der Waals surface area contributed by atoms with Crippen LogP contribution in [0.15, 0.2) is 30.4 Å². The molecule has 1 saturated carbocycles. The zero-order chi connectivity index (χ0) is 15.4. The Hall–Kier alpha value is -1.81. The summed E-state index contributed by atoms with van der Waals surface area (Å²) in [5.74, 6) is 0.182. The number of carbonyl (C=O) groups is 2. The Bertz CT molecular complexity index is 670. The van der Waals surface area contributed by atoms with Crippen molar-refractivity contribution in [3.05, 3.63) is 40.9 Å². The fourth-order valence-corrected chi connectivity index (χ4v) is 4.26. The van der Waals surface area contributed by atoms with Gasteiger partial charge in [-0.25, -0.2) is 0 Å². The number of allylic oxidation sites excluding steroid dienone is 2. The highest BCUT2D eigenvalue weighted by Gasteiger charge is 2.59. The van der Waals surface area contributed by atoms with Gasteiger partial charge in [0.2, 0.25) is 11.8 Å². The van der Waals surface area contributed by atoms with E-state index in [9.17, 15) is 9.59 Å². The number of benzene rings is 1. The van der Waals surface area contributed by atoms with Crippen LogP contribution in [0.4, 0.5) is 5.69 Å². The minimum Gasteiger partial charge on any atom is -0.367 e. The van der Waals surface area contributed by atoms with Gasteiger partial charge in [-0.3, -0.25) is 14.5 Å². The summed E-state index contributed by atoms with van der Waals surface area (Å²) in [7, 11) is 0. The highest BCUT2D eigenvalue weighted by Crippen LogP contribution is 2.52. The van der Waals surface area contributed by atoms with Crippen molar-refractivity contribution in [3.8, 4) is 0 Å². The van der Waals surface area contributed by atoms with E-state index in [0.29, 0.717) is 5.02 Å². The fourth-order valence-electron chi connectivity index (χ4n) is 4.08. The Morgan fingerprint density at radius 2 is 1.82 bits per heavy atom. The third-order valence-corrected chi connectivity index (χ3v) is 5.67. The minimum absolute atomic E-state index is 0.0287. The first kappa shape index (κ1) is 13.8. The van der Waals surface area contributed by atoms with E-state index >= 15 is 0 Å². The van der Waals surface area contributed by atoms with E-state index < -0.39 is 0 Å². The Morgan fingerprint density at radius 1 is 1.18 bits per heavy atom. The van der Waals surface area contributed by atoms with E-state index in [4.69, 9.17) is 11.6 Å². The van der Waals surface area contributed by atoms with Crippen LogP contribution in [0.2, 0.25) is 5.02 Å². The average Bonchev–Trinajstić information content (AvgIpc) is 3.17. The monoisotopic (exact) mass is 316 g/mol. The van der Waals surface area contributed by atoms with Crippen molar-refractivity contribution < 1.29 is 9.59 Å². The molecule has 22 heavy (non-hydrogen) atoms. The highest BCUT2D eigenvalue weighted by atomic mass is 35.5. The van der Waals surface area contributed by atoms with Crippen LogP contribution < -0.4 is 5.32 Å². The van der Waals surface area contributed by atoms with Gasteiger partial charge >= 0.3 is 0 Å². The molecule has 0 spiro atoms. The number of anilines is 1. The third-order valence-electron chi connectivity index (χ3n) is 5.26. The zero-order valence-electron chi connectivity index (χ0n) is 12.3. The summed E-state index contributed by atoms with van der Waals surface area (Å²) in [6.07, 6.45) is 5.17. The van der Waals surface area contributed by atoms with Crippen LogP contribution in [-0.4, -0.2) is 23.4 Å². The first-order valence-corrected chi connectivity index (χ1v) is 7.98. The summed E-state index contributed by atoms with van der Waals surface area (Å²) >= 11 is 6.10. The van der Waals surface area contributed by atoms with Crippen LogP contribution in [-0.2, 0) is 9.59 Å². The Balaban J connectivity index is 1.52. The van der Waals surface area contributed by atoms with Crippen LogP contribution in [0.25, 0.3) is 0 Å². The molecule has 1 N–H and O–H groups in total. The summed E-state index contributed by atoms with van der Waals surface area (Å²) in [6, 6.07) is 5.57. The largest absolute Gasteiger partial charge is 0.367 e. The molecule has 4 atom stereocenters. The normalized spacial score (nSPS) is 32.0. The van der Waals surface area contributed by atoms with Gasteiger partial charge in [0.15, 0.2) is 0 Å². The first-order valence-electron chi connectivity index (χ1n) is 7.60. The van der Waals surface area contributed by atoms with E-state index in [2.05, 4.69) is 17.5 Å². The Morgan fingerprint density at radius 3 is 2.45 bits per heavy atom. The zero-order valence-corrected chi connectivity index (χ0v) is 13.0. The second-order valence-corrected chi connectivity index (χ2v) is 6.76. The van der Waals surface area contributed by atoms with Crippen molar-refractivity contribution in [1.29, 1.82) is 0 Å². The molecule has 4 rings (SSSR count). The van der Waals surface area contributed by atoms with Gasteiger partial charge in [-0.05, 0) is 42.9 Å². The van der Waals surface area contributed by atoms with Gasteiger partial charge in [0.05, 0.1) is 18.5 Å². The molecule has 5 heteroatoms. The molecule has 0 radical (unpaired) electrons. The molecule has 1 heterocycles. The molecular formula is C17H17ClN2O2. The molecule has 1 aromatic rings. The predicted molar refractivity (Wildman–Crippen MR) is 84.2 cm³/mol. The van der Waals surface area contributed by atoms with Crippen molar-refractivity contribution in [2.75, 3.05) is 12.0 Å². The number of likely N-dealkylation sites (tertiary alicyclic amines) is 1. The van der Waals surface area contributed by atoms with Gasteiger partial charge in [-0.2, -0.15) is 0 Å². The molecule has 0 aromatic heterocycles. The summed E-state index contributed by atoms with van der Waals surface area (Å²) in [6.45, 7) is 2.13. The smallest absolute Gasteiger partial charge is 0.235 e. The summed E-state index contributed by atoms with van der Waals surface area (Å²) in [5.41, 5.74) is 1.77. The molecule has 1 aliphatic heterocycles. The van der Waals surface area contributed by atoms with Gasteiger partial charge in [-0.1, -0.05) is 29.8 Å². The maximum atomic E-state index is 12.6. The molecule has 2 amide bonds. The van der Waals surface area contributed by atoms with Crippen LogP contribution in [0, 0.1) is 30.6 Å². The molecular weight excluding hydrogens is 300 g/mol. The molecule has 2 aliphatic carbocycles. The fraction of sp³-hybridized carbons (Fsp3) is 0.412. The molecule has 0 unspecified atom stereocenters. The molecule has 2 fully saturated rings. The SMILES string of the molecule is Cc1c(Cl)cccc1NCN1C(=O)[C@@H]2[C@@H](C1=O)[C@@H]1C=C[C@@H]2C1. The van der Waals surface area contributed by atoms with Crippen LogP contribution in [0.5, 0.6) is 0 Å². The van der Waals surface area contributed by atoms with Crippen molar-refractivity contribution in [3.63, 3.8) is 0 Å². The van der Waals surface area contributed by atoms with Gasteiger partial charge in [0.1, 0.15) is 0 Å². The van der Waals surface area contributed by atoms with Crippen molar-refractivity contribution in [2.24, 2.45) is 23.7 Å². The number of hydrogen-bond donors (Lipinski definition) is 1. The molecule has 1 aromatic carbocycles. The van der Waals surface area contributed by atoms with Gasteiger partial charge in [0.25, 0.3) is 0 Å². The summed E-state index contributed by atoms with van der Waals surface area (Å²) < 4.78 is 0. The molecule has 4 nitrogen and oxygen atoms in total.